The molecule has 140 valence electrons. The van der Waals surface area contributed by atoms with Gasteiger partial charge in [0.2, 0.25) is 0 Å². The lowest BCUT2D eigenvalue weighted by Crippen LogP contribution is -2.57. The van der Waals surface area contributed by atoms with E-state index in [2.05, 4.69) is 21.7 Å². The molecule has 2 saturated heterocycles. The zero-order valence-corrected chi connectivity index (χ0v) is 15.9. The number of nitrogens with zero attached hydrogens (tertiary/aromatic N) is 4. The first-order valence-corrected chi connectivity index (χ1v) is 10.1. The summed E-state index contributed by atoms with van der Waals surface area (Å²) in [5.41, 5.74) is 1.81. The van der Waals surface area contributed by atoms with Crippen molar-refractivity contribution in [2.24, 2.45) is 5.92 Å². The summed E-state index contributed by atoms with van der Waals surface area (Å²) < 4.78 is 5.31. The average molecular weight is 377 g/mol. The van der Waals surface area contributed by atoms with Gasteiger partial charge in [-0.1, -0.05) is 11.6 Å². The fourth-order valence-electron chi connectivity index (χ4n) is 4.43. The number of halogens is 1. The van der Waals surface area contributed by atoms with Gasteiger partial charge in [-0.15, -0.1) is 0 Å². The third-order valence-corrected chi connectivity index (χ3v) is 6.61. The van der Waals surface area contributed by atoms with Crippen LogP contribution in [0.2, 0.25) is 5.15 Å². The van der Waals surface area contributed by atoms with Crippen molar-refractivity contribution < 1.29 is 9.53 Å². The molecule has 0 unspecified atom stereocenters. The lowest BCUT2D eigenvalue weighted by molar-refractivity contribution is -0.0661. The summed E-state index contributed by atoms with van der Waals surface area (Å²) in [5, 5.41) is 0.488. The Balaban J connectivity index is 1.38. The van der Waals surface area contributed by atoms with Crippen LogP contribution in [-0.2, 0) is 11.3 Å². The van der Waals surface area contributed by atoms with Gasteiger partial charge in [0.1, 0.15) is 11.0 Å². The molecular formula is C19H25ClN4O2. The largest absolute Gasteiger partial charge is 0.378 e. The number of piperazine rings is 1. The number of anilines is 1. The molecule has 1 aromatic rings. The Kier molecular flexibility index (Phi) is 4.10. The number of carbonyl (C=O) groups is 1. The van der Waals surface area contributed by atoms with Gasteiger partial charge in [-0.05, 0) is 37.3 Å². The molecule has 0 N–H and O–H groups in total. The molecule has 4 heterocycles. The molecule has 0 aromatic carbocycles. The smallest absolute Gasteiger partial charge is 0.258 e. The van der Waals surface area contributed by atoms with E-state index in [9.17, 15) is 4.79 Å². The summed E-state index contributed by atoms with van der Waals surface area (Å²) in [6, 6.07) is 2.74. The van der Waals surface area contributed by atoms with Gasteiger partial charge in [-0.2, -0.15) is 0 Å². The number of fused-ring (bicyclic) bond motifs is 1. The molecule has 1 aromatic heterocycles. The zero-order chi connectivity index (χ0) is 17.8. The van der Waals surface area contributed by atoms with Gasteiger partial charge in [0.05, 0.1) is 24.8 Å². The molecule has 1 amide bonds. The standard InChI is InChI=1S/C19H25ClN4O2/c1-12(13-2-3-13)24-9-14-8-16(20)21-18(17(14)19(24)25)23-6-4-22(5-7-23)15-10-26-11-15/h8,12-13,15H,2-7,9-11H2,1H3/t12-/m0/s1. The molecule has 0 bridgehead atoms. The van der Waals surface area contributed by atoms with Crippen molar-refractivity contribution in [1.29, 1.82) is 0 Å². The summed E-state index contributed by atoms with van der Waals surface area (Å²) in [6.07, 6.45) is 2.47. The van der Waals surface area contributed by atoms with Gasteiger partial charge in [-0.25, -0.2) is 4.98 Å². The van der Waals surface area contributed by atoms with Gasteiger partial charge in [0.15, 0.2) is 0 Å². The van der Waals surface area contributed by atoms with Gasteiger partial charge >= 0.3 is 0 Å². The first-order valence-electron chi connectivity index (χ1n) is 9.69. The predicted octanol–water partition coefficient (Wildman–Crippen LogP) is 2.01. The minimum atomic E-state index is 0.133. The fraction of sp³-hybridized carbons (Fsp3) is 0.684. The lowest BCUT2D eigenvalue weighted by atomic mass is 10.1. The Morgan fingerprint density at radius 1 is 1.23 bits per heavy atom. The van der Waals surface area contributed by atoms with E-state index in [1.54, 1.807) is 0 Å². The maximum absolute atomic E-state index is 13.2. The summed E-state index contributed by atoms with van der Waals surface area (Å²) in [5.74, 6) is 1.58. The van der Waals surface area contributed by atoms with E-state index in [4.69, 9.17) is 16.3 Å². The van der Waals surface area contributed by atoms with E-state index in [0.29, 0.717) is 29.7 Å². The van der Waals surface area contributed by atoms with E-state index >= 15 is 0 Å². The van der Waals surface area contributed by atoms with Crippen molar-refractivity contribution in [1.82, 2.24) is 14.8 Å². The lowest BCUT2D eigenvalue weighted by Gasteiger charge is -2.43. The monoisotopic (exact) mass is 376 g/mol. The number of rotatable bonds is 4. The summed E-state index contributed by atoms with van der Waals surface area (Å²) in [6.45, 7) is 8.24. The molecule has 26 heavy (non-hydrogen) atoms. The Morgan fingerprint density at radius 2 is 1.96 bits per heavy atom. The molecule has 6 nitrogen and oxygen atoms in total. The van der Waals surface area contributed by atoms with E-state index in [1.165, 1.54) is 12.8 Å². The molecule has 1 saturated carbocycles. The van der Waals surface area contributed by atoms with Crippen molar-refractivity contribution in [3.63, 3.8) is 0 Å². The number of amides is 1. The number of hydrogen-bond acceptors (Lipinski definition) is 5. The first-order chi connectivity index (χ1) is 12.6. The van der Waals surface area contributed by atoms with Crippen LogP contribution in [-0.4, -0.2) is 72.2 Å². The van der Waals surface area contributed by atoms with E-state index in [0.717, 1.165) is 56.3 Å². The van der Waals surface area contributed by atoms with Crippen LogP contribution in [0, 0.1) is 5.92 Å². The molecule has 0 spiro atoms. The van der Waals surface area contributed by atoms with Crippen LogP contribution in [0.4, 0.5) is 5.82 Å². The van der Waals surface area contributed by atoms with Gasteiger partial charge in [0, 0.05) is 38.8 Å². The van der Waals surface area contributed by atoms with Crippen LogP contribution in [0.5, 0.6) is 0 Å². The van der Waals surface area contributed by atoms with E-state index in [1.807, 2.05) is 11.0 Å². The maximum atomic E-state index is 13.2. The Bertz CT molecular complexity index is 726. The van der Waals surface area contributed by atoms with Crippen LogP contribution in [0.25, 0.3) is 0 Å². The second-order valence-corrected chi connectivity index (χ2v) is 8.42. The minimum absolute atomic E-state index is 0.133. The highest BCUT2D eigenvalue weighted by molar-refractivity contribution is 6.29. The van der Waals surface area contributed by atoms with E-state index in [-0.39, 0.29) is 5.91 Å². The first kappa shape index (κ1) is 16.8. The van der Waals surface area contributed by atoms with Crippen LogP contribution in [0.15, 0.2) is 6.07 Å². The second-order valence-electron chi connectivity index (χ2n) is 8.03. The molecule has 1 atom stereocenters. The SMILES string of the molecule is C[C@@H](C1CC1)N1Cc2cc(Cl)nc(N3CCN(C4COC4)CC3)c2C1=O. The van der Waals surface area contributed by atoms with Crippen LogP contribution >= 0.6 is 11.6 Å². The van der Waals surface area contributed by atoms with Gasteiger partial charge < -0.3 is 14.5 Å². The predicted molar refractivity (Wildman–Crippen MR) is 99.7 cm³/mol. The molecule has 1 aliphatic carbocycles. The Labute approximate surface area is 159 Å². The molecule has 0 radical (unpaired) electrons. The molecule has 3 aliphatic heterocycles. The summed E-state index contributed by atoms with van der Waals surface area (Å²) in [4.78, 5) is 24.5. The summed E-state index contributed by atoms with van der Waals surface area (Å²) >= 11 is 6.31. The van der Waals surface area contributed by atoms with Gasteiger partial charge in [-0.3, -0.25) is 9.69 Å². The topological polar surface area (TPSA) is 48.9 Å². The second kappa shape index (κ2) is 6.36. The van der Waals surface area contributed by atoms with E-state index < -0.39 is 0 Å². The third-order valence-electron chi connectivity index (χ3n) is 6.41. The molecular weight excluding hydrogens is 352 g/mol. The highest BCUT2D eigenvalue weighted by Gasteiger charge is 2.41. The van der Waals surface area contributed by atoms with Crippen molar-refractivity contribution in [3.05, 3.63) is 22.3 Å². The highest BCUT2D eigenvalue weighted by Crippen LogP contribution is 2.40. The van der Waals surface area contributed by atoms with Crippen molar-refractivity contribution in [3.8, 4) is 0 Å². The zero-order valence-electron chi connectivity index (χ0n) is 15.2. The third kappa shape index (κ3) is 2.79. The van der Waals surface area contributed by atoms with Crippen LogP contribution in [0.1, 0.15) is 35.7 Å². The fourth-order valence-corrected chi connectivity index (χ4v) is 4.64. The number of carbonyl (C=O) groups excluding carboxylic acids is 1. The number of ether oxygens (including phenoxy) is 1. The van der Waals surface area contributed by atoms with Crippen molar-refractivity contribution in [2.75, 3.05) is 44.3 Å². The highest BCUT2D eigenvalue weighted by atomic mass is 35.5. The quantitative estimate of drug-likeness (QED) is 0.752. The Hall–Kier alpha value is -1.37. The number of aromatic nitrogens is 1. The summed E-state index contributed by atoms with van der Waals surface area (Å²) in [7, 11) is 0. The molecule has 4 aliphatic rings. The van der Waals surface area contributed by atoms with Crippen molar-refractivity contribution in [2.45, 2.75) is 38.4 Å². The average Bonchev–Trinajstić information content (AvgIpc) is 3.37. The number of pyridine rings is 1. The Morgan fingerprint density at radius 3 is 2.58 bits per heavy atom. The van der Waals surface area contributed by atoms with Crippen molar-refractivity contribution >= 4 is 23.3 Å². The molecule has 7 heteroatoms. The minimum Gasteiger partial charge on any atom is -0.378 e. The van der Waals surface area contributed by atoms with Gasteiger partial charge in [0.25, 0.3) is 5.91 Å². The normalized spacial score (nSPS) is 25.4. The maximum Gasteiger partial charge on any atom is 0.258 e. The number of hydrogen-bond donors (Lipinski definition) is 0. The molecule has 5 rings (SSSR count). The van der Waals surface area contributed by atoms with Crippen LogP contribution < -0.4 is 4.90 Å². The van der Waals surface area contributed by atoms with Crippen LogP contribution in [0.3, 0.4) is 0 Å². The molecule has 3 fully saturated rings.